The summed E-state index contributed by atoms with van der Waals surface area (Å²) in [5, 5.41) is 2.47. The minimum Gasteiger partial charge on any atom is -0.326 e. The molecule has 3 rings (SSSR count). The second-order valence-electron chi connectivity index (χ2n) is 6.37. The maximum Gasteiger partial charge on any atom is 0.243 e. The lowest BCUT2D eigenvalue weighted by atomic mass is 9.97. The van der Waals surface area contributed by atoms with Gasteiger partial charge in [-0.25, -0.2) is 26.0 Å². The van der Waals surface area contributed by atoms with Gasteiger partial charge in [0.1, 0.15) is 0 Å². The van der Waals surface area contributed by atoms with E-state index in [1.165, 1.54) is 6.07 Å². The van der Waals surface area contributed by atoms with Crippen LogP contribution in [0, 0.1) is 29.2 Å². The molecule has 1 aliphatic heterocycles. The van der Waals surface area contributed by atoms with Gasteiger partial charge in [-0.2, -0.15) is 4.31 Å². The molecule has 0 aliphatic carbocycles. The average molecular weight is 416 g/mol. The average Bonchev–Trinajstić information content (AvgIpc) is 2.67. The summed E-state index contributed by atoms with van der Waals surface area (Å²) in [4.78, 5) is 11.9. The van der Waals surface area contributed by atoms with Crippen LogP contribution in [-0.2, 0) is 14.8 Å². The zero-order chi connectivity index (χ0) is 20.5. The fourth-order valence-corrected chi connectivity index (χ4v) is 4.45. The molecule has 0 unspecified atom stereocenters. The number of nitrogens with zero attached hydrogens (tertiary/aromatic N) is 1. The largest absolute Gasteiger partial charge is 0.326 e. The van der Waals surface area contributed by atoms with Gasteiger partial charge in [0, 0.05) is 30.8 Å². The lowest BCUT2D eigenvalue weighted by Crippen LogP contribution is -2.41. The maximum absolute atomic E-state index is 13.3. The quantitative estimate of drug-likeness (QED) is 0.778. The number of benzene rings is 2. The molecular weight excluding hydrogens is 400 g/mol. The molecule has 0 saturated carbocycles. The first kappa shape index (κ1) is 20.3. The first-order valence-electron chi connectivity index (χ1n) is 8.39. The predicted octanol–water partition coefficient (Wildman–Crippen LogP) is 3.28. The Bertz CT molecular complexity index is 1010. The first-order chi connectivity index (χ1) is 13.2. The minimum absolute atomic E-state index is 0.0111. The molecule has 0 spiro atoms. The number of hydrogen-bond donors (Lipinski definition) is 1. The molecule has 1 saturated heterocycles. The predicted molar refractivity (Wildman–Crippen MR) is 92.8 cm³/mol. The second kappa shape index (κ2) is 7.88. The van der Waals surface area contributed by atoms with E-state index in [4.69, 9.17) is 0 Å². The van der Waals surface area contributed by atoms with Gasteiger partial charge in [0.2, 0.25) is 15.9 Å². The summed E-state index contributed by atoms with van der Waals surface area (Å²) in [5.41, 5.74) is 0.0979. The van der Waals surface area contributed by atoms with Crippen molar-refractivity contribution in [2.45, 2.75) is 17.7 Å². The Kier molecular flexibility index (Phi) is 5.71. The Labute approximate surface area is 159 Å². The Morgan fingerprint density at radius 3 is 2.04 bits per heavy atom. The molecule has 10 heteroatoms. The van der Waals surface area contributed by atoms with E-state index in [0.29, 0.717) is 6.07 Å². The van der Waals surface area contributed by atoms with Crippen LogP contribution in [0.15, 0.2) is 41.3 Å². The highest BCUT2D eigenvalue weighted by Crippen LogP contribution is 2.26. The first-order valence-corrected chi connectivity index (χ1v) is 9.83. The van der Waals surface area contributed by atoms with Crippen molar-refractivity contribution < 1.29 is 30.8 Å². The number of hydrogen-bond acceptors (Lipinski definition) is 3. The van der Waals surface area contributed by atoms with E-state index >= 15 is 0 Å². The second-order valence-corrected chi connectivity index (χ2v) is 8.31. The third-order valence-electron chi connectivity index (χ3n) is 4.54. The third kappa shape index (κ3) is 4.17. The molecule has 0 bridgehead atoms. The molecule has 1 fully saturated rings. The van der Waals surface area contributed by atoms with E-state index in [1.807, 2.05) is 0 Å². The van der Waals surface area contributed by atoms with Gasteiger partial charge in [-0.15, -0.1) is 0 Å². The maximum atomic E-state index is 13.3. The zero-order valence-electron chi connectivity index (χ0n) is 14.5. The SMILES string of the molecule is O=C(Nc1ccc(F)c(F)c1)C1CCN(S(=O)(=O)c2ccc(F)c(F)c2)CC1. The van der Waals surface area contributed by atoms with Crippen LogP contribution < -0.4 is 5.32 Å². The van der Waals surface area contributed by atoms with Gasteiger partial charge in [-0.1, -0.05) is 0 Å². The molecule has 2 aromatic carbocycles. The molecule has 1 heterocycles. The number of rotatable bonds is 4. The van der Waals surface area contributed by atoms with Crippen molar-refractivity contribution >= 4 is 21.6 Å². The fourth-order valence-electron chi connectivity index (χ4n) is 2.96. The zero-order valence-corrected chi connectivity index (χ0v) is 15.3. The summed E-state index contributed by atoms with van der Waals surface area (Å²) in [6, 6.07) is 5.31. The van der Waals surface area contributed by atoms with Crippen molar-refractivity contribution in [2.75, 3.05) is 18.4 Å². The van der Waals surface area contributed by atoms with Crippen molar-refractivity contribution in [2.24, 2.45) is 5.92 Å². The molecule has 0 aromatic heterocycles. The van der Waals surface area contributed by atoms with Crippen LogP contribution >= 0.6 is 0 Å². The minimum atomic E-state index is -4.02. The van der Waals surface area contributed by atoms with Crippen LogP contribution in [0.4, 0.5) is 23.2 Å². The van der Waals surface area contributed by atoms with Crippen LogP contribution in [0.1, 0.15) is 12.8 Å². The van der Waals surface area contributed by atoms with Crippen molar-refractivity contribution in [3.8, 4) is 0 Å². The Morgan fingerprint density at radius 2 is 1.46 bits per heavy atom. The smallest absolute Gasteiger partial charge is 0.243 e. The molecule has 0 radical (unpaired) electrons. The normalized spacial score (nSPS) is 16.1. The summed E-state index contributed by atoms with van der Waals surface area (Å²) < 4.78 is 78.7. The molecule has 1 amide bonds. The van der Waals surface area contributed by atoms with Crippen LogP contribution in [-0.4, -0.2) is 31.7 Å². The van der Waals surface area contributed by atoms with Crippen LogP contribution in [0.25, 0.3) is 0 Å². The number of halogens is 4. The van der Waals surface area contributed by atoms with Gasteiger partial charge < -0.3 is 5.32 Å². The summed E-state index contributed by atoms with van der Waals surface area (Å²) in [6.07, 6.45) is 0.386. The topological polar surface area (TPSA) is 66.5 Å². The Hall–Kier alpha value is -2.46. The number of carbonyl (C=O) groups excluding carboxylic acids is 1. The van der Waals surface area contributed by atoms with E-state index in [0.717, 1.165) is 28.6 Å². The van der Waals surface area contributed by atoms with Crippen LogP contribution in [0.3, 0.4) is 0 Å². The van der Waals surface area contributed by atoms with E-state index < -0.39 is 45.1 Å². The number of piperidine rings is 1. The lowest BCUT2D eigenvalue weighted by Gasteiger charge is -2.30. The van der Waals surface area contributed by atoms with Crippen molar-refractivity contribution in [3.63, 3.8) is 0 Å². The van der Waals surface area contributed by atoms with Crippen LogP contribution in [0.2, 0.25) is 0 Å². The molecule has 28 heavy (non-hydrogen) atoms. The van der Waals surface area contributed by atoms with E-state index in [9.17, 15) is 30.8 Å². The third-order valence-corrected chi connectivity index (χ3v) is 6.44. The van der Waals surface area contributed by atoms with Gasteiger partial charge >= 0.3 is 0 Å². The Morgan fingerprint density at radius 1 is 0.893 bits per heavy atom. The van der Waals surface area contributed by atoms with E-state index in [2.05, 4.69) is 5.32 Å². The van der Waals surface area contributed by atoms with Gasteiger partial charge in [0.15, 0.2) is 23.3 Å². The highest BCUT2D eigenvalue weighted by atomic mass is 32.2. The van der Waals surface area contributed by atoms with Crippen molar-refractivity contribution in [1.82, 2.24) is 4.31 Å². The van der Waals surface area contributed by atoms with Crippen LogP contribution in [0.5, 0.6) is 0 Å². The highest BCUT2D eigenvalue weighted by Gasteiger charge is 2.32. The van der Waals surface area contributed by atoms with Crippen molar-refractivity contribution in [3.05, 3.63) is 59.7 Å². The summed E-state index contributed by atoms with van der Waals surface area (Å²) in [7, 11) is -4.02. The van der Waals surface area contributed by atoms with Crippen molar-refractivity contribution in [1.29, 1.82) is 0 Å². The monoisotopic (exact) mass is 416 g/mol. The van der Waals surface area contributed by atoms with E-state index in [-0.39, 0.29) is 36.5 Å². The fraction of sp³-hybridized carbons (Fsp3) is 0.278. The molecular formula is C18H16F4N2O3S. The molecule has 150 valence electrons. The summed E-state index contributed by atoms with van der Waals surface area (Å²) in [6.45, 7) is 0.0222. The lowest BCUT2D eigenvalue weighted by molar-refractivity contribution is -0.120. The van der Waals surface area contributed by atoms with Gasteiger partial charge in [-0.05, 0) is 43.2 Å². The molecule has 2 aromatic rings. The number of amides is 1. The van der Waals surface area contributed by atoms with Gasteiger partial charge in [-0.3, -0.25) is 4.79 Å². The number of sulfonamides is 1. The summed E-state index contributed by atoms with van der Waals surface area (Å²) in [5.74, 6) is -5.49. The molecule has 1 N–H and O–H groups in total. The summed E-state index contributed by atoms with van der Waals surface area (Å²) >= 11 is 0. The van der Waals surface area contributed by atoms with E-state index in [1.54, 1.807) is 0 Å². The molecule has 5 nitrogen and oxygen atoms in total. The molecule has 0 atom stereocenters. The Balaban J connectivity index is 1.63. The number of nitrogens with one attached hydrogen (secondary N) is 1. The number of carbonyl (C=O) groups is 1. The standard InChI is InChI=1S/C18H16F4N2O3S/c19-14-3-1-12(9-16(14)21)23-18(25)11-5-7-24(8-6-11)28(26,27)13-2-4-15(20)17(22)10-13/h1-4,9-11H,5-8H2,(H,23,25). The van der Waals surface area contributed by atoms with Gasteiger partial charge in [0.25, 0.3) is 0 Å². The van der Waals surface area contributed by atoms with Gasteiger partial charge in [0.05, 0.1) is 4.90 Å². The number of anilines is 1. The highest BCUT2D eigenvalue weighted by molar-refractivity contribution is 7.89. The molecule has 1 aliphatic rings.